The van der Waals surface area contributed by atoms with Crippen molar-refractivity contribution in [2.45, 2.75) is 62.4 Å². The molecular formula is C30H33N7O2. The predicted molar refractivity (Wildman–Crippen MR) is 149 cm³/mol. The number of fused-ring (bicyclic) bond motifs is 3. The van der Waals surface area contributed by atoms with E-state index in [1.165, 1.54) is 0 Å². The van der Waals surface area contributed by atoms with Crippen LogP contribution in [0.25, 0.3) is 28.0 Å². The summed E-state index contributed by atoms with van der Waals surface area (Å²) >= 11 is 0. The zero-order valence-electron chi connectivity index (χ0n) is 21.8. The van der Waals surface area contributed by atoms with E-state index in [9.17, 15) is 4.79 Å². The molecule has 9 heteroatoms. The number of nitrogens with zero attached hydrogens (tertiary/aromatic N) is 5. The lowest BCUT2D eigenvalue weighted by Crippen LogP contribution is -2.51. The lowest BCUT2D eigenvalue weighted by Gasteiger charge is -2.39. The highest BCUT2D eigenvalue weighted by atomic mass is 16.3. The van der Waals surface area contributed by atoms with Crippen LogP contribution in [0, 0.1) is 0 Å². The van der Waals surface area contributed by atoms with E-state index in [1.54, 1.807) is 4.52 Å². The lowest BCUT2D eigenvalue weighted by molar-refractivity contribution is 0.135. The summed E-state index contributed by atoms with van der Waals surface area (Å²) < 4.78 is 1.80. The van der Waals surface area contributed by atoms with Gasteiger partial charge >= 0.3 is 6.03 Å². The molecule has 1 saturated carbocycles. The molecule has 0 radical (unpaired) electrons. The van der Waals surface area contributed by atoms with Crippen molar-refractivity contribution in [1.82, 2.24) is 29.8 Å². The lowest BCUT2D eigenvalue weighted by atomic mass is 9.85. The summed E-state index contributed by atoms with van der Waals surface area (Å²) in [5, 5.41) is 16.6. The Morgan fingerprint density at radius 1 is 0.974 bits per heavy atom. The minimum atomic E-state index is -0.0649. The average molecular weight is 524 g/mol. The van der Waals surface area contributed by atoms with Gasteiger partial charge in [-0.3, -0.25) is 4.98 Å². The highest BCUT2D eigenvalue weighted by Crippen LogP contribution is 2.50. The number of aromatic nitrogens is 4. The Morgan fingerprint density at radius 2 is 1.74 bits per heavy atom. The van der Waals surface area contributed by atoms with E-state index in [2.05, 4.69) is 28.6 Å². The first-order valence-corrected chi connectivity index (χ1v) is 14.0. The minimum absolute atomic E-state index is 0.0519. The standard InChI is InChI=1S/C30H33N7O2/c31-28-26(19-6-7-19)27(21-14-22-9-10-23(15-21)36(22)30(39)32-12-13-38)35-29-24(17-34-37(28)29)20-8-11-25(33-16-20)18-4-2-1-3-5-18/h1-5,8,11,16-17,19,21-23,38H,6-7,9-10,12-15,31H2,(H,32,39). The molecule has 4 aromatic rings. The van der Waals surface area contributed by atoms with Crippen molar-refractivity contribution in [2.24, 2.45) is 0 Å². The predicted octanol–water partition coefficient (Wildman–Crippen LogP) is 4.33. The number of aliphatic hydroxyl groups is 1. The van der Waals surface area contributed by atoms with E-state index in [0.717, 1.165) is 77.8 Å². The number of urea groups is 1. The van der Waals surface area contributed by atoms with Crippen LogP contribution in [0.4, 0.5) is 10.6 Å². The van der Waals surface area contributed by atoms with Crippen LogP contribution in [-0.2, 0) is 0 Å². The number of nitrogen functional groups attached to an aromatic ring is 1. The Morgan fingerprint density at radius 3 is 2.41 bits per heavy atom. The summed E-state index contributed by atoms with van der Waals surface area (Å²) in [6.45, 7) is 0.230. The fourth-order valence-corrected chi connectivity index (χ4v) is 6.67. The molecule has 1 aliphatic carbocycles. The minimum Gasteiger partial charge on any atom is -0.395 e. The topological polar surface area (TPSA) is 122 Å². The molecule has 2 unspecified atom stereocenters. The Kier molecular flexibility index (Phi) is 5.96. The van der Waals surface area contributed by atoms with Crippen molar-refractivity contribution >= 4 is 17.5 Å². The Bertz CT molecular complexity index is 1500. The van der Waals surface area contributed by atoms with Crippen molar-refractivity contribution in [3.05, 3.63) is 66.1 Å². The number of nitrogens with two attached hydrogens (primary N) is 1. The van der Waals surface area contributed by atoms with Gasteiger partial charge in [0.15, 0.2) is 5.65 Å². The second kappa shape index (κ2) is 9.64. The normalized spacial score (nSPS) is 22.4. The first kappa shape index (κ1) is 24.1. The number of rotatable bonds is 6. The van der Waals surface area contributed by atoms with Gasteiger partial charge in [0, 0.05) is 53.0 Å². The average Bonchev–Trinajstić information content (AvgIpc) is 3.66. The molecule has 2 atom stereocenters. The zero-order chi connectivity index (χ0) is 26.5. The van der Waals surface area contributed by atoms with E-state index in [4.69, 9.17) is 20.8 Å². The second-order valence-electron chi connectivity index (χ2n) is 11.1. The second-order valence-corrected chi connectivity index (χ2v) is 11.1. The van der Waals surface area contributed by atoms with E-state index >= 15 is 0 Å². The van der Waals surface area contributed by atoms with Crippen LogP contribution in [0.15, 0.2) is 54.9 Å². The number of hydrogen-bond acceptors (Lipinski definition) is 6. The van der Waals surface area contributed by atoms with Crippen LogP contribution in [0.1, 0.15) is 61.6 Å². The van der Waals surface area contributed by atoms with E-state index in [-0.39, 0.29) is 37.2 Å². The van der Waals surface area contributed by atoms with Crippen LogP contribution in [0.3, 0.4) is 0 Å². The Hall–Kier alpha value is -3.98. The molecule has 4 N–H and O–H groups in total. The maximum Gasteiger partial charge on any atom is 0.317 e. The third-order valence-electron chi connectivity index (χ3n) is 8.62. The van der Waals surface area contributed by atoms with Crippen molar-refractivity contribution in [3.8, 4) is 22.4 Å². The summed E-state index contributed by atoms with van der Waals surface area (Å²) in [5.41, 5.74) is 13.7. The molecule has 3 aromatic heterocycles. The summed E-state index contributed by atoms with van der Waals surface area (Å²) in [5.74, 6) is 1.36. The summed E-state index contributed by atoms with van der Waals surface area (Å²) in [6, 6.07) is 14.5. The van der Waals surface area contributed by atoms with Gasteiger partial charge in [0.25, 0.3) is 0 Å². The molecule has 9 nitrogen and oxygen atoms in total. The molecule has 2 amide bonds. The molecule has 39 heavy (non-hydrogen) atoms. The van der Waals surface area contributed by atoms with Gasteiger partial charge in [-0.2, -0.15) is 9.61 Å². The van der Waals surface area contributed by atoms with Crippen LogP contribution in [0.5, 0.6) is 0 Å². The molecule has 2 saturated heterocycles. The van der Waals surface area contributed by atoms with Gasteiger partial charge in [0.1, 0.15) is 5.82 Å². The van der Waals surface area contributed by atoms with Crippen molar-refractivity contribution < 1.29 is 9.90 Å². The van der Waals surface area contributed by atoms with Crippen molar-refractivity contribution in [2.75, 3.05) is 18.9 Å². The van der Waals surface area contributed by atoms with Gasteiger partial charge in [0.05, 0.1) is 24.2 Å². The monoisotopic (exact) mass is 523 g/mol. The summed E-state index contributed by atoms with van der Waals surface area (Å²) in [6.07, 6.45) is 9.73. The largest absolute Gasteiger partial charge is 0.395 e. The summed E-state index contributed by atoms with van der Waals surface area (Å²) in [7, 11) is 0. The van der Waals surface area contributed by atoms with Gasteiger partial charge in [-0.1, -0.05) is 36.4 Å². The Balaban J connectivity index is 1.24. The first-order chi connectivity index (χ1) is 19.1. The SMILES string of the molecule is Nc1c(C2CC2)c(C2CC3CCC(C2)N3C(=O)NCCO)nc2c(-c3ccc(-c4ccccc4)nc3)cnn12. The number of aliphatic hydroxyl groups excluding tert-OH is 1. The molecule has 3 aliphatic rings. The quantitative estimate of drug-likeness (QED) is 0.346. The smallest absolute Gasteiger partial charge is 0.317 e. The number of carbonyl (C=O) groups is 1. The van der Waals surface area contributed by atoms with Crippen LogP contribution >= 0.6 is 0 Å². The number of piperidine rings is 1. The van der Waals surface area contributed by atoms with E-state index in [0.29, 0.717) is 11.7 Å². The van der Waals surface area contributed by atoms with Crippen molar-refractivity contribution in [1.29, 1.82) is 0 Å². The molecule has 5 heterocycles. The first-order valence-electron chi connectivity index (χ1n) is 14.0. The molecular weight excluding hydrogens is 490 g/mol. The van der Waals surface area contributed by atoms with Gasteiger partial charge in [-0.15, -0.1) is 0 Å². The number of anilines is 1. The number of pyridine rings is 1. The van der Waals surface area contributed by atoms with Crippen molar-refractivity contribution in [3.63, 3.8) is 0 Å². The zero-order valence-corrected chi connectivity index (χ0v) is 21.8. The number of benzene rings is 1. The fourth-order valence-electron chi connectivity index (χ4n) is 6.67. The van der Waals surface area contributed by atoms with Crippen LogP contribution in [0.2, 0.25) is 0 Å². The van der Waals surface area contributed by atoms with Gasteiger partial charge in [-0.25, -0.2) is 9.78 Å². The number of hydrogen-bond donors (Lipinski definition) is 3. The fraction of sp³-hybridized carbons (Fsp3) is 0.400. The molecule has 3 fully saturated rings. The van der Waals surface area contributed by atoms with Gasteiger partial charge in [-0.05, 0) is 50.5 Å². The van der Waals surface area contributed by atoms with Gasteiger partial charge in [0.2, 0.25) is 0 Å². The van der Waals surface area contributed by atoms with Gasteiger partial charge < -0.3 is 21.1 Å². The molecule has 2 aliphatic heterocycles. The van der Waals surface area contributed by atoms with E-state index < -0.39 is 0 Å². The maximum absolute atomic E-state index is 12.8. The molecule has 1 aromatic carbocycles. The highest BCUT2D eigenvalue weighted by Gasteiger charge is 2.45. The van der Waals surface area contributed by atoms with E-state index in [1.807, 2.05) is 41.6 Å². The third-order valence-corrected chi connectivity index (χ3v) is 8.62. The molecule has 2 bridgehead atoms. The molecule has 0 spiro atoms. The Labute approximate surface area is 227 Å². The van der Waals surface area contributed by atoms with Crippen LogP contribution in [-0.4, -0.2) is 60.9 Å². The maximum atomic E-state index is 12.8. The molecule has 7 rings (SSSR count). The highest BCUT2D eigenvalue weighted by molar-refractivity contribution is 5.79. The summed E-state index contributed by atoms with van der Waals surface area (Å²) in [4.78, 5) is 24.8. The third kappa shape index (κ3) is 4.21. The van der Waals surface area contributed by atoms with Crippen LogP contribution < -0.4 is 11.1 Å². The number of nitrogens with one attached hydrogen (secondary N) is 1. The number of carbonyl (C=O) groups excluding carboxylic acids is 1. The number of amides is 2. The molecule has 200 valence electrons.